The van der Waals surface area contributed by atoms with E-state index in [9.17, 15) is 0 Å². The highest BCUT2D eigenvalue weighted by Gasteiger charge is 2.24. The number of piperidine rings is 1. The van der Waals surface area contributed by atoms with Crippen LogP contribution < -0.4 is 0 Å². The van der Waals surface area contributed by atoms with E-state index >= 15 is 0 Å². The molecule has 100 valence electrons. The van der Waals surface area contributed by atoms with Crippen LogP contribution in [0.5, 0.6) is 0 Å². The molecule has 1 aromatic carbocycles. The van der Waals surface area contributed by atoms with Gasteiger partial charge in [0.25, 0.3) is 0 Å². The molecule has 3 nitrogen and oxygen atoms in total. The van der Waals surface area contributed by atoms with E-state index in [1.165, 1.54) is 37.1 Å². The maximum absolute atomic E-state index is 4.48. The minimum atomic E-state index is 0.517. The normalized spacial score (nSPS) is 20.6. The zero-order valence-electron chi connectivity index (χ0n) is 11.5. The van der Waals surface area contributed by atoms with Gasteiger partial charge < -0.3 is 0 Å². The van der Waals surface area contributed by atoms with Crippen molar-refractivity contribution in [3.8, 4) is 11.3 Å². The van der Waals surface area contributed by atoms with Gasteiger partial charge in [-0.05, 0) is 32.0 Å². The van der Waals surface area contributed by atoms with Crippen LogP contribution in [-0.2, 0) is 0 Å². The number of hydrogen-bond acceptors (Lipinski definition) is 2. The van der Waals surface area contributed by atoms with Gasteiger partial charge in [-0.3, -0.25) is 10.00 Å². The Morgan fingerprint density at radius 2 is 2.11 bits per heavy atom. The second-order valence-electron chi connectivity index (χ2n) is 5.21. The van der Waals surface area contributed by atoms with Crippen molar-refractivity contribution < 1.29 is 0 Å². The van der Waals surface area contributed by atoms with E-state index in [1.807, 2.05) is 6.07 Å². The molecule has 1 aliphatic rings. The van der Waals surface area contributed by atoms with Crippen LogP contribution >= 0.6 is 0 Å². The molecular weight excluding hydrogens is 234 g/mol. The van der Waals surface area contributed by atoms with Crippen molar-refractivity contribution in [3.05, 3.63) is 42.1 Å². The van der Waals surface area contributed by atoms with E-state index in [4.69, 9.17) is 0 Å². The highest BCUT2D eigenvalue weighted by atomic mass is 15.2. The minimum absolute atomic E-state index is 0.517. The van der Waals surface area contributed by atoms with Gasteiger partial charge in [0.2, 0.25) is 0 Å². The molecule has 0 amide bonds. The predicted octanol–water partition coefficient (Wildman–Crippen LogP) is 3.62. The van der Waals surface area contributed by atoms with Crippen LogP contribution in [0, 0.1) is 0 Å². The summed E-state index contributed by atoms with van der Waals surface area (Å²) in [5.74, 6) is 0. The highest BCUT2D eigenvalue weighted by molar-refractivity contribution is 5.59. The van der Waals surface area contributed by atoms with Crippen LogP contribution in [0.4, 0.5) is 0 Å². The van der Waals surface area contributed by atoms with Crippen molar-refractivity contribution >= 4 is 0 Å². The van der Waals surface area contributed by atoms with Gasteiger partial charge in [0.15, 0.2) is 0 Å². The first-order valence-electron chi connectivity index (χ1n) is 7.23. The van der Waals surface area contributed by atoms with Crippen LogP contribution in [0.3, 0.4) is 0 Å². The van der Waals surface area contributed by atoms with Crippen LogP contribution in [0.2, 0.25) is 0 Å². The maximum atomic E-state index is 4.48. The monoisotopic (exact) mass is 255 g/mol. The molecule has 1 N–H and O–H groups in total. The second kappa shape index (κ2) is 5.57. The Labute approximate surface area is 114 Å². The smallest absolute Gasteiger partial charge is 0.0924 e. The van der Waals surface area contributed by atoms with Crippen molar-refractivity contribution in [2.24, 2.45) is 0 Å². The quantitative estimate of drug-likeness (QED) is 0.908. The summed E-state index contributed by atoms with van der Waals surface area (Å²) in [4.78, 5) is 2.55. The molecule has 0 saturated carbocycles. The Hall–Kier alpha value is -1.61. The lowest BCUT2D eigenvalue weighted by Gasteiger charge is -2.33. The molecule has 1 aromatic heterocycles. The first-order chi connectivity index (χ1) is 9.38. The molecule has 3 rings (SSSR count). The highest BCUT2D eigenvalue weighted by Crippen LogP contribution is 2.31. The first-order valence-corrected chi connectivity index (χ1v) is 7.23. The Balaban J connectivity index is 1.84. The summed E-state index contributed by atoms with van der Waals surface area (Å²) in [7, 11) is 0. The lowest BCUT2D eigenvalue weighted by Crippen LogP contribution is -2.33. The fourth-order valence-electron chi connectivity index (χ4n) is 2.99. The molecule has 0 radical (unpaired) electrons. The van der Waals surface area contributed by atoms with Crippen molar-refractivity contribution in [3.63, 3.8) is 0 Å². The van der Waals surface area contributed by atoms with Crippen LogP contribution in [-0.4, -0.2) is 28.2 Å². The van der Waals surface area contributed by atoms with Crippen molar-refractivity contribution in [2.45, 2.75) is 32.2 Å². The average molecular weight is 255 g/mol. The molecule has 0 aliphatic carbocycles. The number of aromatic nitrogens is 2. The van der Waals surface area contributed by atoms with Crippen LogP contribution in [0.25, 0.3) is 11.3 Å². The third-order valence-corrected chi connectivity index (χ3v) is 4.05. The SMILES string of the molecule is CCN1CCCCC1c1cc(-c2ccccc2)n[nH]1. The zero-order chi connectivity index (χ0) is 13.1. The lowest BCUT2D eigenvalue weighted by atomic mass is 9.99. The van der Waals surface area contributed by atoms with E-state index < -0.39 is 0 Å². The number of aromatic amines is 1. The number of rotatable bonds is 3. The van der Waals surface area contributed by atoms with E-state index in [0.717, 1.165) is 12.2 Å². The first kappa shape index (κ1) is 12.4. The van der Waals surface area contributed by atoms with Gasteiger partial charge >= 0.3 is 0 Å². The zero-order valence-corrected chi connectivity index (χ0v) is 11.5. The molecule has 19 heavy (non-hydrogen) atoms. The third kappa shape index (κ3) is 2.56. The lowest BCUT2D eigenvalue weighted by molar-refractivity contribution is 0.154. The fraction of sp³-hybridized carbons (Fsp3) is 0.438. The van der Waals surface area contributed by atoms with E-state index in [0.29, 0.717) is 6.04 Å². The molecule has 2 aromatic rings. The summed E-state index contributed by atoms with van der Waals surface area (Å²) in [6, 6.07) is 13.1. The molecule has 0 spiro atoms. The predicted molar refractivity (Wildman–Crippen MR) is 77.9 cm³/mol. The third-order valence-electron chi connectivity index (χ3n) is 4.05. The standard InChI is InChI=1S/C16H21N3/c1-2-19-11-7-6-10-16(19)15-12-14(17-18-15)13-8-4-3-5-9-13/h3-5,8-9,12,16H,2,6-7,10-11H2,1H3,(H,17,18). The van der Waals surface area contributed by atoms with Crippen molar-refractivity contribution in [2.75, 3.05) is 13.1 Å². The number of nitrogens with zero attached hydrogens (tertiary/aromatic N) is 2. The van der Waals surface area contributed by atoms with Gasteiger partial charge in [-0.25, -0.2) is 0 Å². The molecule has 1 atom stereocenters. The number of hydrogen-bond donors (Lipinski definition) is 1. The summed E-state index contributed by atoms with van der Waals surface area (Å²) in [5.41, 5.74) is 3.50. The summed E-state index contributed by atoms with van der Waals surface area (Å²) in [5, 5.41) is 7.73. The largest absolute Gasteiger partial charge is 0.295 e. The molecule has 1 unspecified atom stereocenters. The second-order valence-corrected chi connectivity index (χ2v) is 5.21. The topological polar surface area (TPSA) is 31.9 Å². The number of benzene rings is 1. The molecule has 1 saturated heterocycles. The Morgan fingerprint density at radius 3 is 2.89 bits per heavy atom. The van der Waals surface area contributed by atoms with E-state index in [2.05, 4.69) is 52.4 Å². The molecular formula is C16H21N3. The Kier molecular flexibility index (Phi) is 3.65. The summed E-state index contributed by atoms with van der Waals surface area (Å²) in [6.45, 7) is 4.57. The van der Waals surface area contributed by atoms with Gasteiger partial charge in [0.1, 0.15) is 0 Å². The van der Waals surface area contributed by atoms with Gasteiger partial charge in [0, 0.05) is 5.56 Å². The van der Waals surface area contributed by atoms with Gasteiger partial charge in [-0.1, -0.05) is 43.7 Å². The fourth-order valence-corrected chi connectivity index (χ4v) is 2.99. The Bertz CT molecular complexity index is 518. The molecule has 0 bridgehead atoms. The maximum Gasteiger partial charge on any atom is 0.0924 e. The van der Waals surface area contributed by atoms with Crippen LogP contribution in [0.1, 0.15) is 37.9 Å². The number of nitrogens with one attached hydrogen (secondary N) is 1. The van der Waals surface area contributed by atoms with Gasteiger partial charge in [-0.2, -0.15) is 5.10 Å². The van der Waals surface area contributed by atoms with Crippen LogP contribution in [0.15, 0.2) is 36.4 Å². The van der Waals surface area contributed by atoms with Gasteiger partial charge in [0.05, 0.1) is 17.4 Å². The molecule has 1 fully saturated rings. The molecule has 3 heteroatoms. The summed E-state index contributed by atoms with van der Waals surface area (Å²) in [6.07, 6.45) is 3.88. The van der Waals surface area contributed by atoms with Crippen molar-refractivity contribution in [1.29, 1.82) is 0 Å². The Morgan fingerprint density at radius 1 is 1.26 bits per heavy atom. The van der Waals surface area contributed by atoms with Gasteiger partial charge in [-0.15, -0.1) is 0 Å². The number of H-pyrrole nitrogens is 1. The van der Waals surface area contributed by atoms with E-state index in [1.54, 1.807) is 0 Å². The van der Waals surface area contributed by atoms with Crippen molar-refractivity contribution in [1.82, 2.24) is 15.1 Å². The summed E-state index contributed by atoms with van der Waals surface area (Å²) >= 11 is 0. The number of likely N-dealkylation sites (tertiary alicyclic amines) is 1. The molecule has 2 heterocycles. The average Bonchev–Trinajstić information content (AvgIpc) is 2.98. The summed E-state index contributed by atoms with van der Waals surface area (Å²) < 4.78 is 0. The van der Waals surface area contributed by atoms with E-state index in [-0.39, 0.29) is 0 Å². The minimum Gasteiger partial charge on any atom is -0.295 e. The molecule has 1 aliphatic heterocycles.